The molecule has 1 aromatic heterocycles. The molecule has 3 N–H and O–H groups in total. The minimum absolute atomic E-state index is 0.0161. The van der Waals surface area contributed by atoms with E-state index in [2.05, 4.69) is 5.32 Å². The van der Waals surface area contributed by atoms with Crippen LogP contribution >= 0.6 is 0 Å². The lowest BCUT2D eigenvalue weighted by atomic mass is 10.1. The number of nitro benzene ring substituents is 1. The van der Waals surface area contributed by atoms with Gasteiger partial charge in [-0.2, -0.15) is 0 Å². The van der Waals surface area contributed by atoms with Gasteiger partial charge in [0.05, 0.1) is 11.6 Å². The van der Waals surface area contributed by atoms with Crippen LogP contribution in [0.25, 0.3) is 12.2 Å². The van der Waals surface area contributed by atoms with Crippen molar-refractivity contribution in [2.45, 2.75) is 6.67 Å². The molecule has 0 aliphatic rings. The van der Waals surface area contributed by atoms with Crippen LogP contribution in [0.1, 0.15) is 11.1 Å². The van der Waals surface area contributed by atoms with Crippen molar-refractivity contribution >= 4 is 23.5 Å². The van der Waals surface area contributed by atoms with Crippen LogP contribution in [0.4, 0.5) is 11.4 Å². The van der Waals surface area contributed by atoms with Gasteiger partial charge in [0.2, 0.25) is 0 Å². The summed E-state index contributed by atoms with van der Waals surface area (Å²) in [6, 6.07) is 16.8. The van der Waals surface area contributed by atoms with Gasteiger partial charge in [-0.1, -0.05) is 24.3 Å². The number of aromatic nitrogens is 1. The minimum Gasteiger partial charge on any atom is -0.494 e. The highest BCUT2D eigenvalue weighted by atomic mass is 16.6. The summed E-state index contributed by atoms with van der Waals surface area (Å²) in [7, 11) is 0. The third-order valence-corrected chi connectivity index (χ3v) is 3.86. The Morgan fingerprint density at radius 2 is 1.38 bits per heavy atom. The molecule has 3 aromatic rings. The van der Waals surface area contributed by atoms with Gasteiger partial charge in [0.25, 0.3) is 5.69 Å². The van der Waals surface area contributed by atoms with E-state index in [0.29, 0.717) is 0 Å². The molecule has 7 heteroatoms. The van der Waals surface area contributed by atoms with Crippen molar-refractivity contribution in [1.82, 2.24) is 4.57 Å². The average Bonchev–Trinajstić information content (AvgIpc) is 2.97. The predicted octanol–water partition coefficient (Wildman–Crippen LogP) is 4.05. The molecule has 26 heavy (non-hydrogen) atoms. The Labute approximate surface area is 149 Å². The molecule has 0 saturated heterocycles. The van der Waals surface area contributed by atoms with E-state index in [1.807, 2.05) is 36.4 Å². The van der Waals surface area contributed by atoms with Gasteiger partial charge in [-0.15, -0.1) is 0 Å². The molecule has 0 bridgehead atoms. The molecule has 0 atom stereocenters. The Hall–Kier alpha value is -3.74. The molecule has 0 fully saturated rings. The van der Waals surface area contributed by atoms with E-state index in [1.54, 1.807) is 12.1 Å². The average molecular weight is 351 g/mol. The molecule has 7 nitrogen and oxygen atoms in total. The van der Waals surface area contributed by atoms with Crippen LogP contribution in [0.2, 0.25) is 0 Å². The normalized spacial score (nSPS) is 10.9. The lowest BCUT2D eigenvalue weighted by Gasteiger charge is -2.10. The topological polar surface area (TPSA) is 101 Å². The molecule has 2 aromatic carbocycles. The fourth-order valence-electron chi connectivity index (χ4n) is 2.39. The van der Waals surface area contributed by atoms with E-state index in [9.17, 15) is 20.3 Å². The first-order valence-corrected chi connectivity index (χ1v) is 7.87. The van der Waals surface area contributed by atoms with Crippen LogP contribution in [-0.4, -0.2) is 19.7 Å². The van der Waals surface area contributed by atoms with Gasteiger partial charge in [-0.3, -0.25) is 14.7 Å². The summed E-state index contributed by atoms with van der Waals surface area (Å²) in [6.07, 6.45) is 3.79. The first kappa shape index (κ1) is 17.1. The highest BCUT2D eigenvalue weighted by molar-refractivity contribution is 5.70. The SMILES string of the molecule is O=[N+]([O-])c1ccc(C=Cc2ccc(NCn3c(O)ccc3O)cc2)cc1. The van der Waals surface area contributed by atoms with E-state index in [0.717, 1.165) is 16.8 Å². The van der Waals surface area contributed by atoms with Gasteiger partial charge in [0, 0.05) is 30.0 Å². The van der Waals surface area contributed by atoms with Crippen molar-refractivity contribution < 1.29 is 15.1 Å². The zero-order valence-electron chi connectivity index (χ0n) is 13.7. The Balaban J connectivity index is 1.61. The Bertz CT molecular complexity index is 909. The predicted molar refractivity (Wildman–Crippen MR) is 99.9 cm³/mol. The number of anilines is 1. The quantitative estimate of drug-likeness (QED) is 0.353. The molecular formula is C19H17N3O4. The van der Waals surface area contributed by atoms with Crippen LogP contribution in [0.5, 0.6) is 11.8 Å². The summed E-state index contributed by atoms with van der Waals surface area (Å²) >= 11 is 0. The zero-order valence-corrected chi connectivity index (χ0v) is 13.7. The van der Waals surface area contributed by atoms with Gasteiger partial charge < -0.3 is 15.5 Å². The zero-order chi connectivity index (χ0) is 18.5. The first-order chi connectivity index (χ1) is 12.5. The molecular weight excluding hydrogens is 334 g/mol. The molecule has 0 spiro atoms. The second-order valence-corrected chi connectivity index (χ2v) is 5.62. The van der Waals surface area contributed by atoms with E-state index in [-0.39, 0.29) is 24.1 Å². The van der Waals surface area contributed by atoms with E-state index in [4.69, 9.17) is 0 Å². The standard InChI is InChI=1S/C19H17N3O4/c23-18-11-12-19(24)21(18)13-20-16-7-3-14(4-8-16)1-2-15-5-9-17(10-6-15)22(25)26/h1-12,20,23-24H,13H2. The van der Waals surface area contributed by atoms with Gasteiger partial charge in [0.15, 0.2) is 11.8 Å². The Kier molecular flexibility index (Phi) is 4.89. The number of hydrogen-bond acceptors (Lipinski definition) is 5. The van der Waals surface area contributed by atoms with Crippen LogP contribution in [0, 0.1) is 10.1 Å². The molecule has 0 aliphatic heterocycles. The third kappa shape index (κ3) is 4.02. The summed E-state index contributed by atoms with van der Waals surface area (Å²) in [5, 5.41) is 32.9. The van der Waals surface area contributed by atoms with Gasteiger partial charge in [-0.05, 0) is 35.4 Å². The second-order valence-electron chi connectivity index (χ2n) is 5.62. The van der Waals surface area contributed by atoms with Crippen molar-refractivity contribution in [2.75, 3.05) is 5.32 Å². The molecule has 0 saturated carbocycles. The van der Waals surface area contributed by atoms with E-state index < -0.39 is 4.92 Å². The third-order valence-electron chi connectivity index (χ3n) is 3.86. The number of nitrogens with one attached hydrogen (secondary N) is 1. The van der Waals surface area contributed by atoms with Gasteiger partial charge in [0.1, 0.15) is 0 Å². The fourth-order valence-corrected chi connectivity index (χ4v) is 2.39. The summed E-state index contributed by atoms with van der Waals surface area (Å²) in [6.45, 7) is 0.239. The number of nitro groups is 1. The number of non-ortho nitro benzene ring substituents is 1. The Morgan fingerprint density at radius 1 is 0.885 bits per heavy atom. The van der Waals surface area contributed by atoms with Crippen molar-refractivity contribution in [1.29, 1.82) is 0 Å². The molecule has 0 radical (unpaired) electrons. The summed E-state index contributed by atoms with van der Waals surface area (Å²) in [5.41, 5.74) is 2.75. The summed E-state index contributed by atoms with van der Waals surface area (Å²) < 4.78 is 1.34. The van der Waals surface area contributed by atoms with Crippen molar-refractivity contribution in [3.63, 3.8) is 0 Å². The number of nitrogens with zero attached hydrogens (tertiary/aromatic N) is 2. The number of hydrogen-bond donors (Lipinski definition) is 3. The maximum absolute atomic E-state index is 10.6. The van der Waals surface area contributed by atoms with Crippen LogP contribution < -0.4 is 5.32 Å². The van der Waals surface area contributed by atoms with Crippen molar-refractivity contribution in [2.24, 2.45) is 0 Å². The number of benzene rings is 2. The molecule has 1 heterocycles. The highest BCUT2D eigenvalue weighted by Crippen LogP contribution is 2.21. The van der Waals surface area contributed by atoms with Crippen LogP contribution in [0.3, 0.4) is 0 Å². The van der Waals surface area contributed by atoms with Crippen molar-refractivity contribution in [3.05, 3.63) is 81.9 Å². The Morgan fingerprint density at radius 3 is 1.88 bits per heavy atom. The molecule has 0 unspecified atom stereocenters. The van der Waals surface area contributed by atoms with Crippen LogP contribution in [-0.2, 0) is 6.67 Å². The lowest BCUT2D eigenvalue weighted by Crippen LogP contribution is -2.06. The molecule has 132 valence electrons. The first-order valence-electron chi connectivity index (χ1n) is 7.87. The van der Waals surface area contributed by atoms with Gasteiger partial charge >= 0.3 is 0 Å². The largest absolute Gasteiger partial charge is 0.494 e. The smallest absolute Gasteiger partial charge is 0.269 e. The highest BCUT2D eigenvalue weighted by Gasteiger charge is 2.05. The maximum Gasteiger partial charge on any atom is 0.269 e. The van der Waals surface area contributed by atoms with Gasteiger partial charge in [-0.25, -0.2) is 0 Å². The second kappa shape index (κ2) is 7.43. The number of aromatic hydroxyl groups is 2. The minimum atomic E-state index is -0.424. The summed E-state index contributed by atoms with van der Waals surface area (Å²) in [5.74, 6) is -0.0321. The molecule has 3 rings (SSSR count). The van der Waals surface area contributed by atoms with Crippen molar-refractivity contribution in [3.8, 4) is 11.8 Å². The van der Waals surface area contributed by atoms with E-state index in [1.165, 1.54) is 28.8 Å². The van der Waals surface area contributed by atoms with E-state index >= 15 is 0 Å². The molecule has 0 amide bonds. The maximum atomic E-state index is 10.6. The number of rotatable bonds is 6. The molecule has 0 aliphatic carbocycles. The lowest BCUT2D eigenvalue weighted by molar-refractivity contribution is -0.384. The monoisotopic (exact) mass is 351 g/mol. The van der Waals surface area contributed by atoms with Crippen LogP contribution in [0.15, 0.2) is 60.7 Å². The fraction of sp³-hybridized carbons (Fsp3) is 0.0526. The summed E-state index contributed by atoms with van der Waals surface area (Å²) in [4.78, 5) is 10.2.